The standard InChI is InChI=1S/C20H25FN2O3S/c1-3-4-15-23(2)27(25,26)18-11-9-17(10-12-18)20(24)22-14-13-16-7-5-6-8-19(16)21/h5-12H,3-4,13-15H2,1-2H3,(H,22,24). The number of carbonyl (C=O) groups is 1. The van der Waals surface area contributed by atoms with E-state index in [0.717, 1.165) is 12.8 Å². The Morgan fingerprint density at radius 3 is 2.41 bits per heavy atom. The minimum atomic E-state index is -3.55. The molecule has 0 saturated heterocycles. The van der Waals surface area contributed by atoms with Crippen LogP contribution in [-0.2, 0) is 16.4 Å². The van der Waals surface area contributed by atoms with Crippen LogP contribution >= 0.6 is 0 Å². The molecule has 0 aromatic heterocycles. The van der Waals surface area contributed by atoms with Gasteiger partial charge in [-0.3, -0.25) is 4.79 Å². The molecule has 0 aliphatic heterocycles. The molecule has 1 amide bonds. The highest BCUT2D eigenvalue weighted by molar-refractivity contribution is 7.89. The molecule has 2 aromatic rings. The van der Waals surface area contributed by atoms with E-state index >= 15 is 0 Å². The highest BCUT2D eigenvalue weighted by atomic mass is 32.2. The fourth-order valence-corrected chi connectivity index (χ4v) is 3.78. The zero-order chi connectivity index (χ0) is 19.9. The van der Waals surface area contributed by atoms with E-state index in [2.05, 4.69) is 5.32 Å². The van der Waals surface area contributed by atoms with Crippen LogP contribution in [0.3, 0.4) is 0 Å². The van der Waals surface area contributed by atoms with Gasteiger partial charge in [-0.05, 0) is 48.7 Å². The van der Waals surface area contributed by atoms with E-state index in [1.165, 1.54) is 34.6 Å². The van der Waals surface area contributed by atoms with E-state index in [0.29, 0.717) is 30.6 Å². The number of benzene rings is 2. The van der Waals surface area contributed by atoms with E-state index in [4.69, 9.17) is 0 Å². The molecular formula is C20H25FN2O3S. The first-order valence-electron chi connectivity index (χ1n) is 8.94. The number of amides is 1. The van der Waals surface area contributed by atoms with Gasteiger partial charge in [-0.1, -0.05) is 31.5 Å². The fourth-order valence-electron chi connectivity index (χ4n) is 2.57. The monoisotopic (exact) mass is 392 g/mol. The molecule has 1 N–H and O–H groups in total. The molecule has 0 unspecified atom stereocenters. The number of hydrogen-bond donors (Lipinski definition) is 1. The Bertz CT molecular complexity index is 867. The van der Waals surface area contributed by atoms with Gasteiger partial charge in [0, 0.05) is 25.7 Å². The number of sulfonamides is 1. The molecule has 0 atom stereocenters. The molecule has 0 radical (unpaired) electrons. The van der Waals surface area contributed by atoms with E-state index in [1.54, 1.807) is 25.2 Å². The van der Waals surface area contributed by atoms with Crippen molar-refractivity contribution in [3.8, 4) is 0 Å². The Balaban J connectivity index is 1.96. The number of halogens is 1. The van der Waals surface area contributed by atoms with Crippen LogP contribution in [0.4, 0.5) is 4.39 Å². The molecule has 146 valence electrons. The smallest absolute Gasteiger partial charge is 0.251 e. The van der Waals surface area contributed by atoms with Gasteiger partial charge in [0.2, 0.25) is 10.0 Å². The molecule has 0 fully saturated rings. The highest BCUT2D eigenvalue weighted by Gasteiger charge is 2.20. The van der Waals surface area contributed by atoms with Crippen molar-refractivity contribution in [2.75, 3.05) is 20.1 Å². The first-order valence-corrected chi connectivity index (χ1v) is 10.4. The van der Waals surface area contributed by atoms with E-state index < -0.39 is 10.0 Å². The average Bonchev–Trinajstić information content (AvgIpc) is 2.67. The third-order valence-corrected chi connectivity index (χ3v) is 6.16. The summed E-state index contributed by atoms with van der Waals surface area (Å²) < 4.78 is 39.8. The first kappa shape index (κ1) is 21.1. The van der Waals surface area contributed by atoms with E-state index in [1.807, 2.05) is 6.92 Å². The summed E-state index contributed by atoms with van der Waals surface area (Å²) in [5.74, 6) is -0.622. The number of rotatable bonds is 9. The van der Waals surface area contributed by atoms with Crippen LogP contribution in [0.5, 0.6) is 0 Å². The van der Waals surface area contributed by atoms with Crippen molar-refractivity contribution in [2.45, 2.75) is 31.1 Å². The summed E-state index contributed by atoms with van der Waals surface area (Å²) in [4.78, 5) is 12.3. The first-order chi connectivity index (χ1) is 12.9. The second-order valence-electron chi connectivity index (χ2n) is 6.30. The lowest BCUT2D eigenvalue weighted by atomic mass is 10.1. The SMILES string of the molecule is CCCCN(C)S(=O)(=O)c1ccc(C(=O)NCCc2ccccc2F)cc1. The highest BCUT2D eigenvalue weighted by Crippen LogP contribution is 2.16. The molecule has 7 heteroatoms. The van der Waals surface area contributed by atoms with Crippen molar-refractivity contribution in [3.63, 3.8) is 0 Å². The van der Waals surface area contributed by atoms with Crippen molar-refractivity contribution in [1.82, 2.24) is 9.62 Å². The van der Waals surface area contributed by atoms with Gasteiger partial charge in [0.1, 0.15) is 5.82 Å². The summed E-state index contributed by atoms with van der Waals surface area (Å²) in [6, 6.07) is 12.3. The third-order valence-electron chi connectivity index (χ3n) is 4.29. The number of hydrogen-bond acceptors (Lipinski definition) is 3. The van der Waals surface area contributed by atoms with Crippen LogP contribution in [0.2, 0.25) is 0 Å². The van der Waals surface area contributed by atoms with Crippen LogP contribution in [0.1, 0.15) is 35.7 Å². The van der Waals surface area contributed by atoms with Crippen molar-refractivity contribution in [2.24, 2.45) is 0 Å². The molecular weight excluding hydrogens is 367 g/mol. The third kappa shape index (κ3) is 5.61. The summed E-state index contributed by atoms with van der Waals surface area (Å²) >= 11 is 0. The quantitative estimate of drug-likeness (QED) is 0.713. The Labute approximate surface area is 160 Å². The second-order valence-corrected chi connectivity index (χ2v) is 8.35. The number of carbonyl (C=O) groups excluding carboxylic acids is 1. The Morgan fingerprint density at radius 2 is 1.78 bits per heavy atom. The van der Waals surface area contributed by atoms with Crippen molar-refractivity contribution in [1.29, 1.82) is 0 Å². The molecule has 0 heterocycles. The van der Waals surface area contributed by atoms with Crippen molar-refractivity contribution < 1.29 is 17.6 Å². The Kier molecular flexibility index (Phi) is 7.50. The van der Waals surface area contributed by atoms with Gasteiger partial charge in [0.25, 0.3) is 5.91 Å². The maximum atomic E-state index is 13.6. The van der Waals surface area contributed by atoms with E-state index in [9.17, 15) is 17.6 Å². The zero-order valence-corrected chi connectivity index (χ0v) is 16.4. The lowest BCUT2D eigenvalue weighted by Gasteiger charge is -2.17. The average molecular weight is 392 g/mol. The van der Waals surface area contributed by atoms with Gasteiger partial charge in [-0.2, -0.15) is 0 Å². The Morgan fingerprint density at radius 1 is 1.11 bits per heavy atom. The lowest BCUT2D eigenvalue weighted by Crippen LogP contribution is -2.28. The molecule has 5 nitrogen and oxygen atoms in total. The summed E-state index contributed by atoms with van der Waals surface area (Å²) in [5, 5.41) is 2.72. The van der Waals surface area contributed by atoms with Gasteiger partial charge in [0.15, 0.2) is 0 Å². The predicted molar refractivity (Wildman–Crippen MR) is 104 cm³/mol. The maximum absolute atomic E-state index is 13.6. The van der Waals surface area contributed by atoms with Crippen LogP contribution in [0.25, 0.3) is 0 Å². The minimum Gasteiger partial charge on any atom is -0.352 e. The van der Waals surface area contributed by atoms with Gasteiger partial charge in [-0.15, -0.1) is 0 Å². The topological polar surface area (TPSA) is 66.5 Å². The predicted octanol–water partition coefficient (Wildman–Crippen LogP) is 3.22. The number of nitrogens with one attached hydrogen (secondary N) is 1. The molecule has 0 aliphatic carbocycles. The maximum Gasteiger partial charge on any atom is 0.251 e. The van der Waals surface area contributed by atoms with Crippen LogP contribution in [0, 0.1) is 5.82 Å². The molecule has 0 aliphatic rings. The van der Waals surface area contributed by atoms with E-state index in [-0.39, 0.29) is 16.6 Å². The van der Waals surface area contributed by atoms with Crippen molar-refractivity contribution >= 4 is 15.9 Å². The summed E-state index contributed by atoms with van der Waals surface area (Å²) in [7, 11) is -2.00. The number of nitrogens with zero attached hydrogens (tertiary/aromatic N) is 1. The molecule has 2 aromatic carbocycles. The van der Waals surface area contributed by atoms with Crippen molar-refractivity contribution in [3.05, 3.63) is 65.5 Å². The van der Waals surface area contributed by atoms with Gasteiger partial charge < -0.3 is 5.32 Å². The fraction of sp³-hybridized carbons (Fsp3) is 0.350. The largest absolute Gasteiger partial charge is 0.352 e. The molecule has 0 spiro atoms. The normalized spacial score (nSPS) is 11.6. The van der Waals surface area contributed by atoms with Crippen LogP contribution in [0.15, 0.2) is 53.4 Å². The van der Waals surface area contributed by atoms with Gasteiger partial charge in [-0.25, -0.2) is 17.1 Å². The molecule has 0 bridgehead atoms. The number of unbranched alkanes of at least 4 members (excludes halogenated alkanes) is 1. The van der Waals surface area contributed by atoms with Gasteiger partial charge >= 0.3 is 0 Å². The minimum absolute atomic E-state index is 0.156. The van der Waals surface area contributed by atoms with Crippen LogP contribution in [-0.4, -0.2) is 38.8 Å². The molecule has 27 heavy (non-hydrogen) atoms. The van der Waals surface area contributed by atoms with Gasteiger partial charge in [0.05, 0.1) is 4.90 Å². The zero-order valence-electron chi connectivity index (χ0n) is 15.6. The molecule has 0 saturated carbocycles. The Hall–Kier alpha value is -2.25. The molecule has 2 rings (SSSR count). The second kappa shape index (κ2) is 9.62. The van der Waals surface area contributed by atoms with Crippen LogP contribution < -0.4 is 5.32 Å². The summed E-state index contributed by atoms with van der Waals surface area (Å²) in [6.07, 6.45) is 2.08. The summed E-state index contributed by atoms with van der Waals surface area (Å²) in [5.41, 5.74) is 0.896. The lowest BCUT2D eigenvalue weighted by molar-refractivity contribution is 0.0954. The summed E-state index contributed by atoms with van der Waals surface area (Å²) in [6.45, 7) is 2.75.